The summed E-state index contributed by atoms with van der Waals surface area (Å²) in [6.07, 6.45) is 8.46. The van der Waals surface area contributed by atoms with Crippen LogP contribution in [0.4, 0.5) is 5.69 Å². The monoisotopic (exact) mass is 427 g/mol. The van der Waals surface area contributed by atoms with Crippen molar-refractivity contribution >= 4 is 35.0 Å². The van der Waals surface area contributed by atoms with Gasteiger partial charge in [-0.2, -0.15) is 0 Å². The molecule has 0 amide bonds. The summed E-state index contributed by atoms with van der Waals surface area (Å²) >= 11 is 11.1. The Morgan fingerprint density at radius 3 is 2.55 bits per heavy atom. The second-order valence-corrected chi connectivity index (χ2v) is 7.60. The zero-order valence-electron chi connectivity index (χ0n) is 16.6. The van der Waals surface area contributed by atoms with Gasteiger partial charge in [-0.1, -0.05) is 42.9 Å². The molecule has 0 aliphatic rings. The molecule has 0 saturated heterocycles. The molecule has 0 aliphatic heterocycles. The molecule has 29 heavy (non-hydrogen) atoms. The largest absolute Gasteiger partial charge is 0.489 e. The third-order valence-corrected chi connectivity index (χ3v) is 5.21. The van der Waals surface area contributed by atoms with E-state index < -0.39 is 0 Å². The minimum absolute atomic E-state index is 0.0305. The summed E-state index contributed by atoms with van der Waals surface area (Å²) in [7, 11) is 0. The third-order valence-electron chi connectivity index (χ3n) is 4.70. The van der Waals surface area contributed by atoms with Crippen LogP contribution in [-0.2, 0) is 13.0 Å². The summed E-state index contributed by atoms with van der Waals surface area (Å²) < 4.78 is 8.38. The quantitative estimate of drug-likeness (QED) is 0.362. The topological polar surface area (TPSA) is 30.3 Å². The molecule has 1 unspecified atom stereocenters. The highest BCUT2D eigenvalue weighted by Crippen LogP contribution is 2.22. The molecular weight excluding hydrogens is 402 g/mol. The Kier molecular flexibility index (Phi) is 8.08. The van der Waals surface area contributed by atoms with Crippen LogP contribution in [0.15, 0.2) is 67.3 Å². The molecule has 3 aromatic rings. The van der Waals surface area contributed by atoms with E-state index in [4.69, 9.17) is 28.6 Å². The molecule has 2 aromatic carbocycles. The lowest BCUT2D eigenvalue weighted by Gasteiger charge is -2.22. The number of hydrogen-bond acceptors (Lipinski definition) is 3. The summed E-state index contributed by atoms with van der Waals surface area (Å²) in [4.78, 5) is 6.21. The van der Waals surface area contributed by atoms with Crippen molar-refractivity contribution < 1.29 is 4.74 Å². The fraction of sp³-hybridized carbons (Fsp3) is 0.304. The Balaban J connectivity index is 1.67. The molecule has 0 spiro atoms. The highest BCUT2D eigenvalue weighted by Gasteiger charge is 2.13. The van der Waals surface area contributed by atoms with E-state index in [0.29, 0.717) is 0 Å². The van der Waals surface area contributed by atoms with E-state index >= 15 is 0 Å². The zero-order valence-corrected chi connectivity index (χ0v) is 18.1. The van der Waals surface area contributed by atoms with Crippen LogP contribution >= 0.6 is 23.8 Å². The molecule has 0 aliphatic carbocycles. The van der Waals surface area contributed by atoms with Crippen molar-refractivity contribution in [2.75, 3.05) is 11.4 Å². The van der Waals surface area contributed by atoms with Gasteiger partial charge in [0.15, 0.2) is 0 Å². The van der Waals surface area contributed by atoms with Crippen LogP contribution in [0.2, 0.25) is 5.02 Å². The normalized spacial score (nSPS) is 11.8. The molecule has 152 valence electrons. The molecule has 0 saturated carbocycles. The van der Waals surface area contributed by atoms with E-state index in [9.17, 15) is 0 Å². The van der Waals surface area contributed by atoms with Gasteiger partial charge in [-0.25, -0.2) is 4.98 Å². The van der Waals surface area contributed by atoms with Crippen molar-refractivity contribution in [1.82, 2.24) is 9.55 Å². The van der Waals surface area contributed by atoms with E-state index in [1.807, 2.05) is 36.8 Å². The van der Waals surface area contributed by atoms with Crippen molar-refractivity contribution in [1.29, 1.82) is 0 Å². The maximum Gasteiger partial charge on any atom is 0.119 e. The van der Waals surface area contributed by atoms with E-state index in [2.05, 4.69) is 45.6 Å². The number of thiocarbonyl (C=S) groups is 1. The SMILES string of the molecule is CCCN(C=S)c1ccc(OC(CCc2ccc(Cl)cc2)Cn2ccnc2)cc1. The fourth-order valence-corrected chi connectivity index (χ4v) is 3.54. The van der Waals surface area contributed by atoms with E-state index in [-0.39, 0.29) is 6.10 Å². The Bertz CT molecular complexity index is 866. The highest BCUT2D eigenvalue weighted by molar-refractivity contribution is 7.79. The van der Waals surface area contributed by atoms with Crippen LogP contribution in [0.25, 0.3) is 0 Å². The molecule has 0 radical (unpaired) electrons. The smallest absolute Gasteiger partial charge is 0.119 e. The lowest BCUT2D eigenvalue weighted by Crippen LogP contribution is -2.24. The molecule has 0 bridgehead atoms. The van der Waals surface area contributed by atoms with Gasteiger partial charge in [0, 0.05) is 29.6 Å². The number of halogens is 1. The number of nitrogens with zero attached hydrogens (tertiary/aromatic N) is 3. The van der Waals surface area contributed by atoms with Gasteiger partial charge < -0.3 is 14.2 Å². The van der Waals surface area contributed by atoms with Gasteiger partial charge in [0.25, 0.3) is 0 Å². The maximum absolute atomic E-state index is 6.33. The maximum atomic E-state index is 6.33. The molecule has 1 aromatic heterocycles. The predicted octanol–water partition coefficient (Wildman–Crippen LogP) is 5.79. The van der Waals surface area contributed by atoms with Crippen LogP contribution in [0, 0.1) is 0 Å². The molecular formula is C23H26ClN3OS. The second-order valence-electron chi connectivity index (χ2n) is 6.96. The molecule has 0 fully saturated rings. The highest BCUT2D eigenvalue weighted by atomic mass is 35.5. The van der Waals surface area contributed by atoms with E-state index in [0.717, 1.165) is 48.8 Å². The first-order valence-corrected chi connectivity index (χ1v) is 10.7. The lowest BCUT2D eigenvalue weighted by atomic mass is 10.1. The van der Waals surface area contributed by atoms with E-state index in [1.54, 1.807) is 11.7 Å². The van der Waals surface area contributed by atoms with Gasteiger partial charge in [0.1, 0.15) is 11.9 Å². The molecule has 6 heteroatoms. The summed E-state index contributed by atoms with van der Waals surface area (Å²) in [5.41, 5.74) is 4.04. The van der Waals surface area contributed by atoms with E-state index in [1.165, 1.54) is 5.56 Å². The van der Waals surface area contributed by atoms with Crippen molar-refractivity contribution in [3.8, 4) is 5.75 Å². The van der Waals surface area contributed by atoms with Gasteiger partial charge in [-0.15, -0.1) is 0 Å². The van der Waals surface area contributed by atoms with Crippen molar-refractivity contribution in [3.05, 3.63) is 77.8 Å². The summed E-state index contributed by atoms with van der Waals surface area (Å²) in [5, 5.41) is 0.758. The van der Waals surface area contributed by atoms with Crippen LogP contribution < -0.4 is 9.64 Å². The van der Waals surface area contributed by atoms with Crippen LogP contribution in [0.5, 0.6) is 5.75 Å². The zero-order chi connectivity index (χ0) is 20.5. The van der Waals surface area contributed by atoms with Crippen LogP contribution in [0.1, 0.15) is 25.3 Å². The number of imidazole rings is 1. The summed E-state index contributed by atoms with van der Waals surface area (Å²) in [5.74, 6) is 0.857. The Labute approximate surface area is 183 Å². The van der Waals surface area contributed by atoms with Crippen molar-refractivity contribution in [3.63, 3.8) is 0 Å². The summed E-state index contributed by atoms with van der Waals surface area (Å²) in [6.45, 7) is 3.80. The Hall–Kier alpha value is -2.37. The van der Waals surface area contributed by atoms with Gasteiger partial charge >= 0.3 is 0 Å². The van der Waals surface area contributed by atoms with Gasteiger partial charge in [0.05, 0.1) is 18.4 Å². The molecule has 1 heterocycles. The first kappa shape index (κ1) is 21.3. The fourth-order valence-electron chi connectivity index (χ4n) is 3.19. The number of aryl methyl sites for hydroxylation is 1. The average Bonchev–Trinajstić information content (AvgIpc) is 3.25. The number of rotatable bonds is 11. The van der Waals surface area contributed by atoms with Gasteiger partial charge in [0.2, 0.25) is 0 Å². The minimum Gasteiger partial charge on any atom is -0.489 e. The molecule has 0 N–H and O–H groups in total. The van der Waals surface area contributed by atoms with Crippen LogP contribution in [-0.4, -0.2) is 27.7 Å². The number of ether oxygens (including phenoxy) is 1. The minimum atomic E-state index is 0.0305. The first-order chi connectivity index (χ1) is 14.2. The lowest BCUT2D eigenvalue weighted by molar-refractivity contribution is 0.170. The number of anilines is 1. The number of hydrogen-bond donors (Lipinski definition) is 0. The van der Waals surface area contributed by atoms with Crippen molar-refractivity contribution in [2.24, 2.45) is 0 Å². The molecule has 1 atom stereocenters. The molecule has 3 rings (SSSR count). The Morgan fingerprint density at radius 1 is 1.17 bits per heavy atom. The Morgan fingerprint density at radius 2 is 1.93 bits per heavy atom. The average molecular weight is 428 g/mol. The standard InChI is InChI=1S/C23H26ClN3OS/c1-2-14-27(18-29)21-8-11-22(12-9-21)28-23(16-26-15-13-25-17-26)10-5-19-3-6-20(24)7-4-19/h3-4,6-9,11-13,15,17-18,23H,2,5,10,14,16H2,1H3. The molecule has 4 nitrogen and oxygen atoms in total. The number of benzene rings is 2. The second kappa shape index (κ2) is 11.0. The predicted molar refractivity (Wildman–Crippen MR) is 124 cm³/mol. The van der Waals surface area contributed by atoms with Crippen molar-refractivity contribution in [2.45, 2.75) is 38.8 Å². The first-order valence-electron chi connectivity index (χ1n) is 9.86. The number of aromatic nitrogens is 2. The summed E-state index contributed by atoms with van der Waals surface area (Å²) in [6, 6.07) is 16.1. The van der Waals surface area contributed by atoms with Gasteiger partial charge in [-0.05, 0) is 61.2 Å². The van der Waals surface area contributed by atoms with Gasteiger partial charge in [-0.3, -0.25) is 0 Å². The third kappa shape index (κ3) is 6.58. The van der Waals surface area contributed by atoms with Crippen LogP contribution in [0.3, 0.4) is 0 Å².